The van der Waals surface area contributed by atoms with E-state index in [-0.39, 0.29) is 24.3 Å². The first-order valence-corrected chi connectivity index (χ1v) is 7.90. The van der Waals surface area contributed by atoms with Crippen molar-refractivity contribution in [3.05, 3.63) is 66.1 Å². The summed E-state index contributed by atoms with van der Waals surface area (Å²) in [4.78, 5) is 0. The van der Waals surface area contributed by atoms with Crippen LogP contribution in [0.2, 0.25) is 0 Å². The number of benzene rings is 2. The molecule has 0 aliphatic carbocycles. The molecule has 5 nitrogen and oxygen atoms in total. The molecule has 7 heteroatoms. The predicted octanol–water partition coefficient (Wildman–Crippen LogP) is 3.16. The summed E-state index contributed by atoms with van der Waals surface area (Å²) in [7, 11) is 0. The van der Waals surface area contributed by atoms with Gasteiger partial charge in [-0.25, -0.2) is 9.07 Å². The molecule has 1 unspecified atom stereocenters. The van der Waals surface area contributed by atoms with Crippen molar-refractivity contribution in [3.8, 4) is 16.9 Å². The van der Waals surface area contributed by atoms with Gasteiger partial charge in [-0.05, 0) is 29.8 Å². The Balaban J connectivity index is 0.00000182. The second kappa shape index (κ2) is 7.74. The molecule has 0 radical (unpaired) electrons. The van der Waals surface area contributed by atoms with Gasteiger partial charge in [-0.2, -0.15) is 0 Å². The number of ether oxygens (including phenoxy) is 1. The lowest BCUT2D eigenvalue weighted by Gasteiger charge is -2.23. The minimum Gasteiger partial charge on any atom is -0.371 e. The smallest absolute Gasteiger partial charge is 0.123 e. The molecule has 1 N–H and O–H groups in total. The van der Waals surface area contributed by atoms with Crippen LogP contribution in [0.5, 0.6) is 0 Å². The quantitative estimate of drug-likeness (QED) is 0.779. The summed E-state index contributed by atoms with van der Waals surface area (Å²) < 4.78 is 20.4. The van der Waals surface area contributed by atoms with E-state index in [0.717, 1.165) is 42.2 Å². The van der Waals surface area contributed by atoms with Gasteiger partial charge in [-0.1, -0.05) is 29.5 Å². The number of aromatic nitrogens is 3. The first kappa shape index (κ1) is 17.5. The predicted molar refractivity (Wildman–Crippen MR) is 95.6 cm³/mol. The first-order valence-electron chi connectivity index (χ1n) is 7.90. The van der Waals surface area contributed by atoms with Crippen LogP contribution in [-0.4, -0.2) is 34.7 Å². The molecule has 0 amide bonds. The lowest BCUT2D eigenvalue weighted by molar-refractivity contribution is 0.0277. The average molecular weight is 361 g/mol. The summed E-state index contributed by atoms with van der Waals surface area (Å²) in [6.07, 6.45) is 1.93. The highest BCUT2D eigenvalue weighted by Gasteiger charge is 2.15. The van der Waals surface area contributed by atoms with Gasteiger partial charge in [0.05, 0.1) is 24.6 Å². The maximum absolute atomic E-state index is 13.0. The zero-order valence-corrected chi connectivity index (χ0v) is 14.2. The van der Waals surface area contributed by atoms with E-state index in [0.29, 0.717) is 0 Å². The van der Waals surface area contributed by atoms with Crippen LogP contribution < -0.4 is 5.32 Å². The molecule has 4 rings (SSSR count). The third-order valence-electron chi connectivity index (χ3n) is 4.09. The summed E-state index contributed by atoms with van der Waals surface area (Å²) >= 11 is 0. The Morgan fingerprint density at radius 3 is 2.52 bits per heavy atom. The van der Waals surface area contributed by atoms with E-state index in [4.69, 9.17) is 4.74 Å². The lowest BCUT2D eigenvalue weighted by atomic mass is 10.0. The largest absolute Gasteiger partial charge is 0.371 e. The van der Waals surface area contributed by atoms with Crippen molar-refractivity contribution in [2.75, 3.05) is 19.7 Å². The Kier molecular flexibility index (Phi) is 5.43. The van der Waals surface area contributed by atoms with Gasteiger partial charge in [0, 0.05) is 18.7 Å². The summed E-state index contributed by atoms with van der Waals surface area (Å²) in [5, 5.41) is 11.6. The van der Waals surface area contributed by atoms with Gasteiger partial charge in [0.25, 0.3) is 0 Å². The first-order chi connectivity index (χ1) is 11.8. The minimum atomic E-state index is -0.269. The van der Waals surface area contributed by atoms with Gasteiger partial charge >= 0.3 is 0 Å². The molecule has 1 aliphatic heterocycles. The van der Waals surface area contributed by atoms with Gasteiger partial charge < -0.3 is 10.1 Å². The van der Waals surface area contributed by atoms with E-state index in [1.54, 1.807) is 16.8 Å². The summed E-state index contributed by atoms with van der Waals surface area (Å²) in [6.45, 7) is 2.47. The Labute approximate surface area is 151 Å². The van der Waals surface area contributed by atoms with Gasteiger partial charge in [-0.3, -0.25) is 0 Å². The van der Waals surface area contributed by atoms with Crippen molar-refractivity contribution in [3.63, 3.8) is 0 Å². The van der Waals surface area contributed by atoms with E-state index in [1.165, 1.54) is 12.1 Å². The van der Waals surface area contributed by atoms with Crippen LogP contribution in [0.15, 0.2) is 54.7 Å². The molecule has 0 bridgehead atoms. The minimum absolute atomic E-state index is 0. The van der Waals surface area contributed by atoms with E-state index in [2.05, 4.69) is 27.8 Å². The van der Waals surface area contributed by atoms with Gasteiger partial charge in [0.1, 0.15) is 11.5 Å². The highest BCUT2D eigenvalue weighted by Crippen LogP contribution is 2.23. The van der Waals surface area contributed by atoms with Gasteiger partial charge in [0.2, 0.25) is 0 Å². The molecule has 3 aromatic rings. The van der Waals surface area contributed by atoms with Crippen molar-refractivity contribution in [2.24, 2.45) is 0 Å². The number of nitrogens with one attached hydrogen (secondary N) is 1. The van der Waals surface area contributed by atoms with E-state index < -0.39 is 0 Å². The fourth-order valence-corrected chi connectivity index (χ4v) is 2.76. The second-order valence-electron chi connectivity index (χ2n) is 5.71. The number of morpholine rings is 1. The van der Waals surface area contributed by atoms with Crippen LogP contribution in [-0.2, 0) is 4.74 Å². The average Bonchev–Trinajstić information content (AvgIpc) is 3.13. The number of rotatable bonds is 3. The number of hydrogen-bond acceptors (Lipinski definition) is 4. The number of nitrogens with zero attached hydrogens (tertiary/aromatic N) is 3. The van der Waals surface area contributed by atoms with E-state index >= 15 is 0 Å². The standard InChI is InChI=1S/C18H17FN4O.ClH/c19-15-5-7-16(8-6-15)23-12-17(21-22-23)13-1-3-14(4-2-13)18-11-20-9-10-24-18;/h1-8,12,18,20H,9-11H2;1H. The summed E-state index contributed by atoms with van der Waals surface area (Å²) in [5.41, 5.74) is 3.68. The maximum Gasteiger partial charge on any atom is 0.123 e. The fourth-order valence-electron chi connectivity index (χ4n) is 2.76. The molecule has 1 aliphatic rings. The van der Waals surface area contributed by atoms with Crippen LogP contribution >= 0.6 is 12.4 Å². The lowest BCUT2D eigenvalue weighted by Crippen LogP contribution is -2.33. The fraction of sp³-hybridized carbons (Fsp3) is 0.222. The molecule has 25 heavy (non-hydrogen) atoms. The Morgan fingerprint density at radius 1 is 1.08 bits per heavy atom. The Morgan fingerprint density at radius 2 is 1.84 bits per heavy atom. The molecule has 1 fully saturated rings. The zero-order valence-electron chi connectivity index (χ0n) is 13.4. The van der Waals surface area contributed by atoms with Crippen LogP contribution in [0.25, 0.3) is 16.9 Å². The molecule has 1 atom stereocenters. The van der Waals surface area contributed by atoms with E-state index in [1.807, 2.05) is 18.3 Å². The highest BCUT2D eigenvalue weighted by molar-refractivity contribution is 5.85. The van der Waals surface area contributed by atoms with Crippen molar-refractivity contribution in [2.45, 2.75) is 6.10 Å². The van der Waals surface area contributed by atoms with Crippen LogP contribution in [0.1, 0.15) is 11.7 Å². The van der Waals surface area contributed by atoms with Gasteiger partial charge in [0.15, 0.2) is 0 Å². The molecule has 2 aromatic carbocycles. The van der Waals surface area contributed by atoms with Crippen LogP contribution in [0.3, 0.4) is 0 Å². The van der Waals surface area contributed by atoms with Crippen molar-refractivity contribution < 1.29 is 9.13 Å². The third kappa shape index (κ3) is 3.87. The molecule has 2 heterocycles. The molecular formula is C18H18ClFN4O. The molecule has 0 spiro atoms. The Hall–Kier alpha value is -2.28. The SMILES string of the molecule is Cl.Fc1ccc(-n2cc(-c3ccc(C4CNCCO4)cc3)nn2)cc1. The molecular weight excluding hydrogens is 343 g/mol. The molecule has 1 saturated heterocycles. The topological polar surface area (TPSA) is 52.0 Å². The Bertz CT molecular complexity index is 814. The monoisotopic (exact) mass is 360 g/mol. The van der Waals surface area contributed by atoms with Gasteiger partial charge in [-0.15, -0.1) is 17.5 Å². The highest BCUT2D eigenvalue weighted by atomic mass is 35.5. The molecule has 0 saturated carbocycles. The van der Waals surface area contributed by atoms with Crippen molar-refractivity contribution >= 4 is 12.4 Å². The summed E-state index contributed by atoms with van der Waals surface area (Å²) in [6, 6.07) is 14.3. The number of halogens is 2. The maximum atomic E-state index is 13.0. The van der Waals surface area contributed by atoms with Crippen molar-refractivity contribution in [1.82, 2.24) is 20.3 Å². The van der Waals surface area contributed by atoms with Crippen molar-refractivity contribution in [1.29, 1.82) is 0 Å². The normalized spacial score (nSPS) is 17.1. The summed E-state index contributed by atoms with van der Waals surface area (Å²) in [5.74, 6) is -0.269. The third-order valence-corrected chi connectivity index (χ3v) is 4.09. The second-order valence-corrected chi connectivity index (χ2v) is 5.71. The zero-order chi connectivity index (χ0) is 16.4. The number of hydrogen-bond donors (Lipinski definition) is 1. The molecule has 130 valence electrons. The van der Waals surface area contributed by atoms with E-state index in [9.17, 15) is 4.39 Å². The van der Waals surface area contributed by atoms with Crippen LogP contribution in [0, 0.1) is 5.82 Å². The molecule has 1 aromatic heterocycles. The van der Waals surface area contributed by atoms with Crippen LogP contribution in [0.4, 0.5) is 4.39 Å².